The SMILES string of the molecule is C[C-]=C(C)C(=[C-]c1ccccc1)c1ccccc1.[Li+].[Li+]. The van der Waals surface area contributed by atoms with Crippen molar-refractivity contribution in [1.82, 2.24) is 0 Å². The summed E-state index contributed by atoms with van der Waals surface area (Å²) in [5.41, 5.74) is 4.48. The molecule has 0 unspecified atom stereocenters. The molecule has 2 rings (SSSR count). The summed E-state index contributed by atoms with van der Waals surface area (Å²) < 4.78 is 0. The summed E-state index contributed by atoms with van der Waals surface area (Å²) in [5.74, 6) is 0. The summed E-state index contributed by atoms with van der Waals surface area (Å²) in [7, 11) is 0. The van der Waals surface area contributed by atoms with Crippen LogP contribution in [0.25, 0.3) is 5.57 Å². The second-order valence-electron chi connectivity index (χ2n) is 4.11. The Balaban J connectivity index is 0.00000180. The maximum Gasteiger partial charge on any atom is 1.00 e. The number of hydrogen-bond acceptors (Lipinski definition) is 0. The van der Waals surface area contributed by atoms with Gasteiger partial charge in [0.2, 0.25) is 0 Å². The molecule has 90 valence electrons. The van der Waals surface area contributed by atoms with E-state index in [1.54, 1.807) is 0 Å². The van der Waals surface area contributed by atoms with Crippen LogP contribution in [0.5, 0.6) is 0 Å². The average Bonchev–Trinajstić information content (AvgIpc) is 2.46. The molecule has 0 aromatic heterocycles. The van der Waals surface area contributed by atoms with Crippen LogP contribution in [0.1, 0.15) is 25.0 Å². The normalized spacial score (nSPS) is 11.3. The molecule has 0 atom stereocenters. The molecule has 0 spiro atoms. The Bertz CT molecular complexity index is 554. The predicted octanol–water partition coefficient (Wildman–Crippen LogP) is -1.30. The Morgan fingerprint density at radius 1 is 0.800 bits per heavy atom. The molecule has 2 heteroatoms. The van der Waals surface area contributed by atoms with E-state index in [9.17, 15) is 0 Å². The smallest absolute Gasteiger partial charge is 0.316 e. The first-order valence-electron chi connectivity index (χ1n) is 6.07. The predicted molar refractivity (Wildman–Crippen MR) is 76.7 cm³/mol. The molecule has 0 amide bonds. The fourth-order valence-electron chi connectivity index (χ4n) is 1.78. The maximum atomic E-state index is 3.46. The van der Waals surface area contributed by atoms with Crippen molar-refractivity contribution in [2.45, 2.75) is 13.8 Å². The second-order valence-corrected chi connectivity index (χ2v) is 4.11. The molecule has 0 heterocycles. The third kappa shape index (κ3) is 5.24. The van der Waals surface area contributed by atoms with E-state index in [2.05, 4.69) is 43.3 Å². The van der Waals surface area contributed by atoms with E-state index in [4.69, 9.17) is 0 Å². The van der Waals surface area contributed by atoms with Crippen molar-refractivity contribution in [3.63, 3.8) is 0 Å². The summed E-state index contributed by atoms with van der Waals surface area (Å²) in [6.45, 7) is 4.00. The summed E-state index contributed by atoms with van der Waals surface area (Å²) in [6, 6.07) is 20.5. The maximum absolute atomic E-state index is 3.46. The van der Waals surface area contributed by atoms with E-state index in [-0.39, 0.29) is 37.7 Å². The Labute approximate surface area is 146 Å². The van der Waals surface area contributed by atoms with E-state index in [1.165, 1.54) is 5.56 Å². The van der Waals surface area contributed by atoms with Crippen molar-refractivity contribution < 1.29 is 37.7 Å². The van der Waals surface area contributed by atoms with Gasteiger partial charge in [-0.2, -0.15) is 5.56 Å². The van der Waals surface area contributed by atoms with Crippen molar-refractivity contribution in [2.75, 3.05) is 0 Å². The van der Waals surface area contributed by atoms with Gasteiger partial charge in [-0.25, -0.2) is 6.08 Å². The summed E-state index contributed by atoms with van der Waals surface area (Å²) in [5, 5.41) is 0. The van der Waals surface area contributed by atoms with Crippen molar-refractivity contribution in [3.05, 3.63) is 89.5 Å². The summed E-state index contributed by atoms with van der Waals surface area (Å²) >= 11 is 0. The minimum absolute atomic E-state index is 0. The molecule has 0 nitrogen and oxygen atoms in total. The van der Waals surface area contributed by atoms with Crippen molar-refractivity contribution >= 4 is 5.57 Å². The molecule has 0 radical (unpaired) electrons. The number of rotatable bonds is 3. The second kappa shape index (κ2) is 9.93. The number of hydrogen-bond donors (Lipinski definition) is 0. The van der Waals surface area contributed by atoms with Gasteiger partial charge in [0.1, 0.15) is 0 Å². The molecule has 2 aromatic carbocycles. The Kier molecular flexibility index (Phi) is 9.49. The van der Waals surface area contributed by atoms with Crippen molar-refractivity contribution in [1.29, 1.82) is 0 Å². The van der Waals surface area contributed by atoms with Gasteiger partial charge in [0.15, 0.2) is 0 Å². The Morgan fingerprint density at radius 3 is 1.80 bits per heavy atom. The van der Waals surface area contributed by atoms with Gasteiger partial charge in [-0.05, 0) is 0 Å². The van der Waals surface area contributed by atoms with Gasteiger partial charge in [0.05, 0.1) is 0 Å². The zero-order chi connectivity index (χ0) is 12.8. The van der Waals surface area contributed by atoms with Crippen LogP contribution in [0.4, 0.5) is 0 Å². The summed E-state index contributed by atoms with van der Waals surface area (Å²) in [6.07, 6.45) is 6.66. The van der Waals surface area contributed by atoms with Crippen LogP contribution >= 0.6 is 0 Å². The standard InChI is InChI=1S/C18H16.2Li/c1-3-15(2)18(17-12-8-5-9-13-17)14-16-10-6-4-7-11-16;;/h4-13H,1-2H3;;/q-2;2*+1. The monoisotopic (exact) mass is 246 g/mol. The summed E-state index contributed by atoms with van der Waals surface area (Å²) in [4.78, 5) is 0. The van der Waals surface area contributed by atoms with E-state index >= 15 is 0 Å². The third-order valence-electron chi connectivity index (χ3n) is 2.86. The van der Waals surface area contributed by atoms with Crippen LogP contribution in [0.2, 0.25) is 0 Å². The van der Waals surface area contributed by atoms with Crippen LogP contribution in [-0.2, 0) is 0 Å². The van der Waals surface area contributed by atoms with Gasteiger partial charge in [-0.15, -0.1) is 43.7 Å². The minimum atomic E-state index is 0. The van der Waals surface area contributed by atoms with Crippen molar-refractivity contribution in [2.24, 2.45) is 0 Å². The molecule has 0 aliphatic rings. The molecule has 0 bridgehead atoms. The zero-order valence-electron chi connectivity index (χ0n) is 12.8. The Hall–Kier alpha value is -0.885. The third-order valence-corrected chi connectivity index (χ3v) is 2.86. The molecule has 20 heavy (non-hydrogen) atoms. The molecular weight excluding hydrogens is 230 g/mol. The van der Waals surface area contributed by atoms with Crippen molar-refractivity contribution in [3.8, 4) is 0 Å². The first kappa shape index (κ1) is 19.1. The van der Waals surface area contributed by atoms with Crippen LogP contribution < -0.4 is 37.7 Å². The molecule has 0 aliphatic heterocycles. The first-order chi connectivity index (χ1) is 8.81. The largest absolute Gasteiger partial charge is 1.00 e. The minimum Gasteiger partial charge on any atom is -0.316 e. The number of allylic oxidation sites excluding steroid dienone is 3. The fraction of sp³-hybridized carbons (Fsp3) is 0.111. The van der Waals surface area contributed by atoms with E-state index in [1.807, 2.05) is 43.3 Å². The van der Waals surface area contributed by atoms with Gasteiger partial charge in [-0.3, -0.25) is 11.1 Å². The fourth-order valence-corrected chi connectivity index (χ4v) is 1.78. The quantitative estimate of drug-likeness (QED) is 0.273. The van der Waals surface area contributed by atoms with Gasteiger partial charge in [0.25, 0.3) is 0 Å². The molecular formula is C18H16Li2. The molecule has 0 saturated heterocycles. The first-order valence-corrected chi connectivity index (χ1v) is 6.07. The zero-order valence-corrected chi connectivity index (χ0v) is 12.8. The Morgan fingerprint density at radius 2 is 1.30 bits per heavy atom. The van der Waals surface area contributed by atoms with Gasteiger partial charge in [-0.1, -0.05) is 36.4 Å². The van der Waals surface area contributed by atoms with E-state index in [0.717, 1.165) is 16.7 Å². The van der Waals surface area contributed by atoms with Crippen LogP contribution in [0, 0.1) is 12.2 Å². The van der Waals surface area contributed by atoms with Gasteiger partial charge < -0.3 is 6.08 Å². The topological polar surface area (TPSA) is 0 Å². The molecule has 0 fully saturated rings. The number of benzene rings is 2. The van der Waals surface area contributed by atoms with Gasteiger partial charge in [0, 0.05) is 0 Å². The van der Waals surface area contributed by atoms with Gasteiger partial charge >= 0.3 is 37.7 Å². The average molecular weight is 246 g/mol. The van der Waals surface area contributed by atoms with Crippen LogP contribution in [0.15, 0.2) is 66.2 Å². The molecule has 0 aliphatic carbocycles. The molecule has 0 N–H and O–H groups in total. The van der Waals surface area contributed by atoms with E-state index in [0.29, 0.717) is 0 Å². The van der Waals surface area contributed by atoms with E-state index < -0.39 is 0 Å². The molecule has 2 aromatic rings. The van der Waals surface area contributed by atoms with Crippen LogP contribution in [0.3, 0.4) is 0 Å². The van der Waals surface area contributed by atoms with Crippen LogP contribution in [-0.4, -0.2) is 0 Å². The molecule has 0 saturated carbocycles.